The molecule has 1 heterocycles. The minimum atomic E-state index is 0.154. The van der Waals surface area contributed by atoms with Gasteiger partial charge in [-0.15, -0.1) is 5.10 Å². The van der Waals surface area contributed by atoms with Crippen LogP contribution in [-0.2, 0) is 0 Å². The van der Waals surface area contributed by atoms with Gasteiger partial charge in [0.05, 0.1) is 6.20 Å². The van der Waals surface area contributed by atoms with Gasteiger partial charge in [-0.25, -0.2) is 0 Å². The lowest BCUT2D eigenvalue weighted by Crippen LogP contribution is -1.83. The fourth-order valence-electron chi connectivity index (χ4n) is 1.03. The summed E-state index contributed by atoms with van der Waals surface area (Å²) in [6, 6.07) is 5.16. The van der Waals surface area contributed by atoms with Crippen molar-refractivity contribution in [1.82, 2.24) is 10.2 Å². The molecular weight excluding hydrogens is 220 g/mol. The molecule has 3 nitrogen and oxygen atoms in total. The number of phenols is 1. The number of aromatic nitrogens is 2. The Hall–Kier alpha value is -1.16. The maximum absolute atomic E-state index is 9.37. The molecule has 0 atom stereocenters. The van der Waals surface area contributed by atoms with Crippen molar-refractivity contribution in [2.24, 2.45) is 0 Å². The average Bonchev–Trinajstić information content (AvgIpc) is 2.12. The second kappa shape index (κ2) is 2.71. The van der Waals surface area contributed by atoms with Gasteiger partial charge >= 0.3 is 0 Å². The molecule has 4 heteroatoms. The Balaban J connectivity index is 2.95. The van der Waals surface area contributed by atoms with Gasteiger partial charge in [-0.05, 0) is 18.2 Å². The van der Waals surface area contributed by atoms with E-state index in [-0.39, 0.29) is 5.75 Å². The van der Waals surface area contributed by atoms with Crippen LogP contribution in [0.1, 0.15) is 0 Å². The second-order valence-electron chi connectivity index (χ2n) is 2.36. The molecule has 0 fully saturated rings. The van der Waals surface area contributed by atoms with Crippen LogP contribution in [0, 0.1) is 0 Å². The van der Waals surface area contributed by atoms with Crippen molar-refractivity contribution >= 4 is 26.8 Å². The summed E-state index contributed by atoms with van der Waals surface area (Å²) < 4.78 is 0.908. The first-order valence-electron chi connectivity index (χ1n) is 3.38. The Kier molecular flexibility index (Phi) is 1.69. The Labute approximate surface area is 77.2 Å². The summed E-state index contributed by atoms with van der Waals surface area (Å²) in [6.07, 6.45) is 1.59. The molecule has 1 aromatic carbocycles. The second-order valence-corrected chi connectivity index (χ2v) is 3.21. The number of halogens is 1. The first-order valence-corrected chi connectivity index (χ1v) is 4.17. The first kappa shape index (κ1) is 7.49. The van der Waals surface area contributed by atoms with Crippen LogP contribution in [0.5, 0.6) is 5.75 Å². The SMILES string of the molecule is Oc1ccc(Br)c2ccnnc12. The zero-order valence-electron chi connectivity index (χ0n) is 6.03. The van der Waals surface area contributed by atoms with E-state index in [1.54, 1.807) is 24.4 Å². The standard InChI is InChI=1S/C8H5BrN2O/c9-6-1-2-7(12)8-5(6)3-4-10-11-8/h1-4,12H. The number of aromatic hydroxyl groups is 1. The summed E-state index contributed by atoms with van der Waals surface area (Å²) in [4.78, 5) is 0. The van der Waals surface area contributed by atoms with Crippen molar-refractivity contribution in [2.75, 3.05) is 0 Å². The van der Waals surface area contributed by atoms with Crippen LogP contribution in [-0.4, -0.2) is 15.3 Å². The van der Waals surface area contributed by atoms with E-state index < -0.39 is 0 Å². The molecule has 2 aromatic rings. The lowest BCUT2D eigenvalue weighted by atomic mass is 10.2. The Bertz CT molecular complexity index is 390. The van der Waals surface area contributed by atoms with Gasteiger partial charge in [-0.3, -0.25) is 0 Å². The molecule has 0 amide bonds. The molecule has 0 bridgehead atoms. The van der Waals surface area contributed by atoms with Crippen LogP contribution in [0.25, 0.3) is 10.9 Å². The van der Waals surface area contributed by atoms with Crippen LogP contribution in [0.2, 0.25) is 0 Å². The lowest BCUT2D eigenvalue weighted by Gasteiger charge is -1.99. The van der Waals surface area contributed by atoms with Crippen molar-refractivity contribution in [2.45, 2.75) is 0 Å². The van der Waals surface area contributed by atoms with E-state index >= 15 is 0 Å². The van der Waals surface area contributed by atoms with E-state index in [1.165, 1.54) is 0 Å². The Morgan fingerprint density at radius 1 is 1.25 bits per heavy atom. The fourth-order valence-corrected chi connectivity index (χ4v) is 1.49. The van der Waals surface area contributed by atoms with E-state index in [4.69, 9.17) is 0 Å². The number of rotatable bonds is 0. The third-order valence-electron chi connectivity index (χ3n) is 1.61. The average molecular weight is 225 g/mol. The van der Waals surface area contributed by atoms with Gasteiger partial charge in [-0.2, -0.15) is 5.10 Å². The molecule has 2 rings (SSSR count). The van der Waals surface area contributed by atoms with Gasteiger partial charge in [0.15, 0.2) is 0 Å². The molecule has 1 N–H and O–H groups in total. The number of hydrogen-bond acceptors (Lipinski definition) is 3. The molecule has 0 aliphatic heterocycles. The first-order chi connectivity index (χ1) is 5.79. The third kappa shape index (κ3) is 1.04. The van der Waals surface area contributed by atoms with E-state index in [2.05, 4.69) is 26.1 Å². The minimum Gasteiger partial charge on any atom is -0.506 e. The van der Waals surface area contributed by atoms with Crippen LogP contribution in [0.3, 0.4) is 0 Å². The largest absolute Gasteiger partial charge is 0.506 e. The summed E-state index contributed by atoms with van der Waals surface area (Å²) in [6.45, 7) is 0. The lowest BCUT2D eigenvalue weighted by molar-refractivity contribution is 0.480. The zero-order chi connectivity index (χ0) is 8.55. The van der Waals surface area contributed by atoms with Crippen LogP contribution >= 0.6 is 15.9 Å². The van der Waals surface area contributed by atoms with Crippen molar-refractivity contribution in [3.05, 3.63) is 28.9 Å². The molecule has 0 saturated carbocycles. The van der Waals surface area contributed by atoms with E-state index in [0.717, 1.165) is 9.86 Å². The number of nitrogens with zero attached hydrogens (tertiary/aromatic N) is 2. The van der Waals surface area contributed by atoms with E-state index in [9.17, 15) is 5.11 Å². The highest BCUT2D eigenvalue weighted by Gasteiger charge is 2.03. The topological polar surface area (TPSA) is 46.0 Å². The molecule has 60 valence electrons. The van der Waals surface area contributed by atoms with Gasteiger partial charge in [0.25, 0.3) is 0 Å². The van der Waals surface area contributed by atoms with Crippen molar-refractivity contribution in [3.63, 3.8) is 0 Å². The quantitative estimate of drug-likeness (QED) is 0.746. The highest BCUT2D eigenvalue weighted by Crippen LogP contribution is 2.27. The number of fused-ring (bicyclic) bond motifs is 1. The van der Waals surface area contributed by atoms with Gasteiger partial charge < -0.3 is 5.11 Å². The number of hydrogen-bond donors (Lipinski definition) is 1. The van der Waals surface area contributed by atoms with E-state index in [1.807, 2.05) is 0 Å². The number of phenolic OH excluding ortho intramolecular Hbond substituents is 1. The summed E-state index contributed by atoms with van der Waals surface area (Å²) >= 11 is 3.35. The molecule has 0 unspecified atom stereocenters. The van der Waals surface area contributed by atoms with Gasteiger partial charge in [-0.1, -0.05) is 15.9 Å². The highest BCUT2D eigenvalue weighted by atomic mass is 79.9. The maximum Gasteiger partial charge on any atom is 0.143 e. The predicted octanol–water partition coefficient (Wildman–Crippen LogP) is 2.10. The summed E-state index contributed by atoms with van der Waals surface area (Å²) in [5.41, 5.74) is 0.520. The smallest absolute Gasteiger partial charge is 0.143 e. The molecule has 1 aromatic heterocycles. The Morgan fingerprint density at radius 2 is 2.08 bits per heavy atom. The molecule has 12 heavy (non-hydrogen) atoms. The summed E-state index contributed by atoms with van der Waals surface area (Å²) in [7, 11) is 0. The molecule has 0 aliphatic rings. The monoisotopic (exact) mass is 224 g/mol. The maximum atomic E-state index is 9.37. The number of benzene rings is 1. The van der Waals surface area contributed by atoms with Gasteiger partial charge in [0, 0.05) is 9.86 Å². The van der Waals surface area contributed by atoms with Crippen molar-refractivity contribution in [1.29, 1.82) is 0 Å². The van der Waals surface area contributed by atoms with E-state index in [0.29, 0.717) is 5.52 Å². The summed E-state index contributed by atoms with van der Waals surface area (Å²) in [5.74, 6) is 0.154. The zero-order valence-corrected chi connectivity index (χ0v) is 7.62. The molecule has 0 saturated heterocycles. The van der Waals surface area contributed by atoms with Gasteiger partial charge in [0.2, 0.25) is 0 Å². The predicted molar refractivity (Wildman–Crippen MR) is 48.9 cm³/mol. The normalized spacial score (nSPS) is 10.4. The summed E-state index contributed by atoms with van der Waals surface area (Å²) in [5, 5.41) is 17.7. The van der Waals surface area contributed by atoms with Crippen LogP contribution in [0.4, 0.5) is 0 Å². The van der Waals surface area contributed by atoms with Crippen molar-refractivity contribution < 1.29 is 5.11 Å². The Morgan fingerprint density at radius 3 is 2.83 bits per heavy atom. The van der Waals surface area contributed by atoms with Gasteiger partial charge in [0.1, 0.15) is 11.3 Å². The third-order valence-corrected chi connectivity index (χ3v) is 2.30. The van der Waals surface area contributed by atoms with Crippen LogP contribution in [0.15, 0.2) is 28.9 Å². The van der Waals surface area contributed by atoms with Crippen molar-refractivity contribution in [3.8, 4) is 5.75 Å². The minimum absolute atomic E-state index is 0.154. The molecule has 0 aliphatic carbocycles. The molecule has 0 radical (unpaired) electrons. The van der Waals surface area contributed by atoms with Crippen LogP contribution < -0.4 is 0 Å². The highest BCUT2D eigenvalue weighted by molar-refractivity contribution is 9.10. The fraction of sp³-hybridized carbons (Fsp3) is 0. The molecule has 0 spiro atoms. The molecular formula is C8H5BrN2O.